The average Bonchev–Trinajstić information content (AvgIpc) is 3.81. The molecule has 0 unspecified atom stereocenters. The minimum absolute atomic E-state index is 0.0658. The Balaban J connectivity index is 0.000000172. The van der Waals surface area contributed by atoms with E-state index in [0.717, 1.165) is 68.8 Å². The summed E-state index contributed by atoms with van der Waals surface area (Å²) in [6.07, 6.45) is 10.3. The number of aromatic nitrogens is 8. The summed E-state index contributed by atoms with van der Waals surface area (Å²) in [6.45, 7) is 14.0. The van der Waals surface area contributed by atoms with Gasteiger partial charge >= 0.3 is 11.9 Å². The smallest absolute Gasteiger partial charge is 0.358 e. The van der Waals surface area contributed by atoms with Crippen LogP contribution in [0.3, 0.4) is 0 Å². The maximum atomic E-state index is 12.0. The molecular weight excluding hydrogens is 755 g/mol. The number of hydrogen-bond acceptors (Lipinski definition) is 11. The summed E-state index contributed by atoms with van der Waals surface area (Å²) in [6, 6.07) is 8.07. The molecule has 0 radical (unpaired) electrons. The number of anilines is 2. The van der Waals surface area contributed by atoms with Crippen LogP contribution in [0.2, 0.25) is 10.0 Å². The van der Waals surface area contributed by atoms with Crippen LogP contribution in [0.4, 0.5) is 11.6 Å². The zero-order valence-corrected chi connectivity index (χ0v) is 33.1. The molecule has 2 aliphatic rings. The first-order valence-electron chi connectivity index (χ1n) is 18.1. The number of ether oxygens (including phenoxy) is 1. The van der Waals surface area contributed by atoms with E-state index in [1.807, 2.05) is 61.4 Å². The fraction of sp³-hybridized carbons (Fsp3) is 0.300. The lowest BCUT2D eigenvalue weighted by molar-refractivity contribution is 0.0519. The fourth-order valence-corrected chi connectivity index (χ4v) is 7.25. The van der Waals surface area contributed by atoms with Crippen LogP contribution < -0.4 is 9.80 Å². The number of esters is 1. The number of carboxylic acid groups (broad SMARTS) is 1. The molecule has 0 fully saturated rings. The number of aromatic carboxylic acids is 1. The lowest BCUT2D eigenvalue weighted by Crippen LogP contribution is -2.34. The molecule has 0 aromatic carbocycles. The van der Waals surface area contributed by atoms with Crippen LogP contribution in [0.5, 0.6) is 0 Å². The summed E-state index contributed by atoms with van der Waals surface area (Å²) in [5.74, 6) is 1.68. The van der Waals surface area contributed by atoms with E-state index in [-0.39, 0.29) is 5.69 Å². The molecule has 6 aromatic heterocycles. The SMILES string of the molecule is CCOC(=O)c1cn2c(n1)CN(c1cc(-c3ncc(C)cc3C)c(Cl)cn1)CC2.Cc1cnc(-c2cc(N3CCn4cc(C(=O)O)nc4C3)ncc2Cl)c(C)c1. The van der Waals surface area contributed by atoms with Crippen LogP contribution in [0, 0.1) is 27.7 Å². The number of fused-ring (bicyclic) bond motifs is 2. The van der Waals surface area contributed by atoms with E-state index in [0.29, 0.717) is 60.9 Å². The van der Waals surface area contributed by atoms with Gasteiger partial charge < -0.3 is 28.8 Å². The molecule has 0 saturated carbocycles. The van der Waals surface area contributed by atoms with Gasteiger partial charge in [0.15, 0.2) is 11.4 Å². The van der Waals surface area contributed by atoms with Gasteiger partial charge in [0.25, 0.3) is 0 Å². The van der Waals surface area contributed by atoms with Gasteiger partial charge in [0.2, 0.25) is 0 Å². The fourth-order valence-electron chi connectivity index (χ4n) is 6.86. The highest BCUT2D eigenvalue weighted by molar-refractivity contribution is 6.33. The molecule has 14 nitrogen and oxygen atoms in total. The second-order valence-electron chi connectivity index (χ2n) is 13.7. The number of nitrogens with zero attached hydrogens (tertiary/aromatic N) is 10. The predicted octanol–water partition coefficient (Wildman–Crippen LogP) is 7.14. The van der Waals surface area contributed by atoms with Crippen molar-refractivity contribution in [1.29, 1.82) is 0 Å². The Morgan fingerprint density at radius 3 is 1.59 bits per heavy atom. The standard InChI is InChI=1S/C21H22ClN5O2.C19H18ClN5O2/c1-4-29-21(28)17-11-26-5-6-27(12-19(26)25-17)18-8-15(16(22)10-23-18)20-14(3)7-13(2)9-24-20;1-11-5-12(2)18(22-7-11)13-6-16(21-8-14(13)20)25-4-3-24-9-15(19(26)27)23-17(24)10-25/h7-11H,4-6,12H2,1-3H3;5-9H,3-4,10H2,1-2H3,(H,26,27). The van der Waals surface area contributed by atoms with Crippen molar-refractivity contribution in [3.8, 4) is 22.5 Å². The Morgan fingerprint density at radius 2 is 1.14 bits per heavy atom. The second kappa shape index (κ2) is 16.1. The number of hydrogen-bond donors (Lipinski definition) is 1. The molecule has 1 N–H and O–H groups in total. The first kappa shape index (κ1) is 38.4. The number of pyridine rings is 4. The van der Waals surface area contributed by atoms with Crippen molar-refractivity contribution in [2.75, 3.05) is 29.5 Å². The lowest BCUT2D eigenvalue weighted by atomic mass is 10.1. The molecule has 0 amide bonds. The Morgan fingerprint density at radius 1 is 0.679 bits per heavy atom. The van der Waals surface area contributed by atoms with Gasteiger partial charge in [-0.3, -0.25) is 9.97 Å². The summed E-state index contributed by atoms with van der Waals surface area (Å²) in [4.78, 5) is 54.0. The van der Waals surface area contributed by atoms with Crippen LogP contribution in [0.1, 0.15) is 61.8 Å². The quantitative estimate of drug-likeness (QED) is 0.163. The van der Waals surface area contributed by atoms with Crippen molar-refractivity contribution >= 4 is 46.8 Å². The minimum Gasteiger partial charge on any atom is -0.476 e. The van der Waals surface area contributed by atoms with Crippen LogP contribution in [0.25, 0.3) is 22.5 Å². The molecule has 0 bridgehead atoms. The van der Waals surface area contributed by atoms with Crippen LogP contribution in [-0.2, 0) is 30.9 Å². The molecule has 8 rings (SSSR count). The number of carbonyl (C=O) groups is 2. The van der Waals surface area contributed by atoms with Crippen molar-refractivity contribution < 1.29 is 19.4 Å². The number of imidazole rings is 2. The number of carbonyl (C=O) groups excluding carboxylic acids is 1. The normalized spacial score (nSPS) is 13.4. The summed E-state index contributed by atoms with van der Waals surface area (Å²) in [7, 11) is 0. The molecule has 2 aliphatic heterocycles. The van der Waals surface area contributed by atoms with E-state index in [9.17, 15) is 9.59 Å². The Bertz CT molecular complexity index is 2460. The molecule has 8 heterocycles. The van der Waals surface area contributed by atoms with E-state index >= 15 is 0 Å². The van der Waals surface area contributed by atoms with Crippen molar-refractivity contribution in [2.45, 2.75) is 60.8 Å². The average molecular weight is 796 g/mol. The van der Waals surface area contributed by atoms with Gasteiger partial charge in [0, 0.05) is 74.5 Å². The highest BCUT2D eigenvalue weighted by atomic mass is 35.5. The number of carboxylic acids is 1. The Hall–Kier alpha value is -5.86. The van der Waals surface area contributed by atoms with E-state index in [2.05, 4.69) is 51.8 Å². The molecule has 0 saturated heterocycles. The van der Waals surface area contributed by atoms with Gasteiger partial charge in [-0.15, -0.1) is 0 Å². The van der Waals surface area contributed by atoms with Gasteiger partial charge in [-0.1, -0.05) is 35.3 Å². The van der Waals surface area contributed by atoms with Crippen LogP contribution in [0.15, 0.2) is 61.4 Å². The topological polar surface area (TPSA) is 157 Å². The number of aryl methyl sites for hydroxylation is 4. The largest absolute Gasteiger partial charge is 0.476 e. The van der Waals surface area contributed by atoms with Crippen molar-refractivity contribution in [1.82, 2.24) is 39.0 Å². The van der Waals surface area contributed by atoms with Gasteiger partial charge in [0.05, 0.1) is 41.1 Å². The second-order valence-corrected chi connectivity index (χ2v) is 14.6. The molecule has 6 aromatic rings. The van der Waals surface area contributed by atoms with E-state index in [4.69, 9.17) is 33.0 Å². The third-order valence-corrected chi connectivity index (χ3v) is 10.2. The highest BCUT2D eigenvalue weighted by Crippen LogP contribution is 2.34. The van der Waals surface area contributed by atoms with Crippen molar-refractivity contribution in [3.63, 3.8) is 0 Å². The third-order valence-electron chi connectivity index (χ3n) is 9.58. The summed E-state index contributed by atoms with van der Waals surface area (Å²) in [5, 5.41) is 10.2. The van der Waals surface area contributed by atoms with E-state index in [1.165, 1.54) is 0 Å². The minimum atomic E-state index is -1.02. The number of rotatable bonds is 7. The van der Waals surface area contributed by atoms with Gasteiger partial charge in [-0.05, 0) is 69.0 Å². The maximum Gasteiger partial charge on any atom is 0.358 e. The molecular formula is C40H40Cl2N10O4. The first-order valence-corrected chi connectivity index (χ1v) is 18.8. The van der Waals surface area contributed by atoms with Crippen LogP contribution >= 0.6 is 23.2 Å². The summed E-state index contributed by atoms with van der Waals surface area (Å²) < 4.78 is 8.92. The Labute approximate surface area is 333 Å². The van der Waals surface area contributed by atoms with Gasteiger partial charge in [0.1, 0.15) is 23.3 Å². The molecule has 0 atom stereocenters. The molecule has 0 spiro atoms. The highest BCUT2D eigenvalue weighted by Gasteiger charge is 2.25. The molecule has 56 heavy (non-hydrogen) atoms. The first-order chi connectivity index (χ1) is 26.9. The molecule has 288 valence electrons. The zero-order valence-electron chi connectivity index (χ0n) is 31.6. The summed E-state index contributed by atoms with van der Waals surface area (Å²) >= 11 is 12.8. The van der Waals surface area contributed by atoms with E-state index < -0.39 is 11.9 Å². The monoisotopic (exact) mass is 794 g/mol. The molecule has 16 heteroatoms. The molecule has 0 aliphatic carbocycles. The number of halogens is 2. The van der Waals surface area contributed by atoms with Gasteiger partial charge in [-0.2, -0.15) is 0 Å². The lowest BCUT2D eigenvalue weighted by Gasteiger charge is -2.29. The maximum absolute atomic E-state index is 12.0. The predicted molar refractivity (Wildman–Crippen MR) is 213 cm³/mol. The van der Waals surface area contributed by atoms with Crippen molar-refractivity contribution in [3.05, 3.63) is 117 Å². The van der Waals surface area contributed by atoms with Crippen LogP contribution in [-0.4, -0.2) is 75.8 Å². The van der Waals surface area contributed by atoms with E-state index in [1.54, 1.807) is 31.7 Å². The Kier molecular flexibility index (Phi) is 11.0. The summed E-state index contributed by atoms with van der Waals surface area (Å²) in [5.41, 5.74) is 8.11. The third kappa shape index (κ3) is 8.07. The zero-order chi connectivity index (χ0) is 39.7. The van der Waals surface area contributed by atoms with Gasteiger partial charge in [-0.25, -0.2) is 29.5 Å². The van der Waals surface area contributed by atoms with Crippen molar-refractivity contribution in [2.24, 2.45) is 0 Å².